The van der Waals surface area contributed by atoms with Crippen LogP contribution in [0.3, 0.4) is 0 Å². The number of ether oxygens (including phenoxy) is 3. The number of hydrogen-bond donors (Lipinski definition) is 2. The second kappa shape index (κ2) is 10.4. The van der Waals surface area contributed by atoms with Gasteiger partial charge in [0.05, 0.1) is 6.10 Å². The van der Waals surface area contributed by atoms with E-state index in [0.717, 1.165) is 24.8 Å². The van der Waals surface area contributed by atoms with Crippen molar-refractivity contribution in [2.24, 2.45) is 11.8 Å². The minimum Gasteiger partial charge on any atom is -0.507 e. The lowest BCUT2D eigenvalue weighted by Gasteiger charge is -2.25. The number of fused-ring (bicyclic) bond motifs is 1. The molecule has 2 heterocycles. The molecule has 6 nitrogen and oxygen atoms in total. The van der Waals surface area contributed by atoms with E-state index in [4.69, 9.17) is 14.2 Å². The molecule has 1 aliphatic carbocycles. The highest BCUT2D eigenvalue weighted by Gasteiger charge is 2.43. The van der Waals surface area contributed by atoms with E-state index in [1.807, 2.05) is 45.9 Å². The molecule has 6 heteroatoms. The molecular weight excluding hydrogens is 408 g/mol. The van der Waals surface area contributed by atoms with Gasteiger partial charge in [-0.2, -0.15) is 0 Å². The van der Waals surface area contributed by atoms with E-state index >= 15 is 0 Å². The van der Waals surface area contributed by atoms with E-state index in [1.54, 1.807) is 12.2 Å². The lowest BCUT2D eigenvalue weighted by molar-refractivity contribution is -0.152. The first kappa shape index (κ1) is 24.7. The highest BCUT2D eigenvalue weighted by molar-refractivity contribution is 5.94. The molecule has 6 atom stereocenters. The molecule has 1 fully saturated rings. The summed E-state index contributed by atoms with van der Waals surface area (Å²) in [6.07, 6.45) is 11.4. The van der Waals surface area contributed by atoms with Crippen molar-refractivity contribution in [1.82, 2.24) is 0 Å². The standard InChI is InChI=1S/C26H38O6/c1-6-7-9-18-14-19-10-8-11-22-24(32-26(4,5)31-22)20(27)13-12-16(2)17(3)30-25(29)23(19)21(28)15-18/h8,10,12-13,15-18,20,22,24,27-28H,6-7,9,11,14H2,1-5H3/b10-8+,13-12-/t16-,17+,18?,20?,22+,24-/m1/s1. The van der Waals surface area contributed by atoms with E-state index in [9.17, 15) is 15.0 Å². The molecule has 0 spiro atoms. The first-order valence-corrected chi connectivity index (χ1v) is 11.8. The smallest absolute Gasteiger partial charge is 0.342 e. The maximum absolute atomic E-state index is 13.0. The van der Waals surface area contributed by atoms with Crippen LogP contribution >= 0.6 is 0 Å². The Balaban J connectivity index is 1.95. The SMILES string of the molecule is CCCCC1C=C(O)C2=C(/C=C/C[C@@H]3OC(C)(C)O[C@@H]3C(O)/C=C\[C@@H](C)[C@H](C)OC2=O)C1. The van der Waals surface area contributed by atoms with Gasteiger partial charge in [0.15, 0.2) is 5.79 Å². The summed E-state index contributed by atoms with van der Waals surface area (Å²) in [4.78, 5) is 13.0. The van der Waals surface area contributed by atoms with Crippen molar-refractivity contribution < 1.29 is 29.2 Å². The van der Waals surface area contributed by atoms with Crippen molar-refractivity contribution in [2.75, 3.05) is 0 Å². The highest BCUT2D eigenvalue weighted by Crippen LogP contribution is 2.35. The van der Waals surface area contributed by atoms with Gasteiger partial charge in [-0.3, -0.25) is 0 Å². The van der Waals surface area contributed by atoms with Crippen LogP contribution < -0.4 is 0 Å². The van der Waals surface area contributed by atoms with Crippen molar-refractivity contribution >= 4 is 5.97 Å². The second-order valence-electron chi connectivity index (χ2n) is 9.68. The van der Waals surface area contributed by atoms with Gasteiger partial charge in [0.2, 0.25) is 0 Å². The maximum atomic E-state index is 13.0. The highest BCUT2D eigenvalue weighted by atomic mass is 16.8. The van der Waals surface area contributed by atoms with E-state index in [0.29, 0.717) is 12.8 Å². The van der Waals surface area contributed by atoms with Crippen LogP contribution in [0.1, 0.15) is 66.7 Å². The molecule has 2 N–H and O–H groups in total. The van der Waals surface area contributed by atoms with Crippen LogP contribution in [0.4, 0.5) is 0 Å². The summed E-state index contributed by atoms with van der Waals surface area (Å²) >= 11 is 0. The van der Waals surface area contributed by atoms with Crippen molar-refractivity contribution in [2.45, 2.75) is 96.9 Å². The molecule has 0 amide bonds. The fourth-order valence-corrected chi connectivity index (χ4v) is 4.52. The summed E-state index contributed by atoms with van der Waals surface area (Å²) in [5.41, 5.74) is 1.02. The summed E-state index contributed by atoms with van der Waals surface area (Å²) in [5, 5.41) is 21.5. The minimum absolute atomic E-state index is 0.000579. The van der Waals surface area contributed by atoms with Crippen molar-refractivity contribution in [1.29, 1.82) is 0 Å². The predicted octanol–water partition coefficient (Wildman–Crippen LogP) is 4.90. The van der Waals surface area contributed by atoms with Gasteiger partial charge >= 0.3 is 5.97 Å². The van der Waals surface area contributed by atoms with Crippen LogP contribution in [0.2, 0.25) is 0 Å². The van der Waals surface area contributed by atoms with E-state index in [-0.39, 0.29) is 29.3 Å². The van der Waals surface area contributed by atoms with Gasteiger partial charge in [-0.25, -0.2) is 4.79 Å². The van der Waals surface area contributed by atoms with Crippen molar-refractivity contribution in [3.8, 4) is 0 Å². The van der Waals surface area contributed by atoms with Crippen LogP contribution in [0.25, 0.3) is 0 Å². The summed E-state index contributed by atoms with van der Waals surface area (Å²) < 4.78 is 17.7. The monoisotopic (exact) mass is 446 g/mol. The quantitative estimate of drug-likeness (QED) is 0.474. The van der Waals surface area contributed by atoms with E-state index < -0.39 is 30.1 Å². The van der Waals surface area contributed by atoms with E-state index in [2.05, 4.69) is 6.92 Å². The Morgan fingerprint density at radius 3 is 2.66 bits per heavy atom. The van der Waals surface area contributed by atoms with Gasteiger partial charge in [-0.05, 0) is 57.6 Å². The minimum atomic E-state index is -0.835. The van der Waals surface area contributed by atoms with Gasteiger partial charge in [0.25, 0.3) is 0 Å². The zero-order valence-electron chi connectivity index (χ0n) is 19.9. The molecule has 0 aromatic heterocycles. The van der Waals surface area contributed by atoms with E-state index in [1.165, 1.54) is 0 Å². The number of rotatable bonds is 3. The summed E-state index contributed by atoms with van der Waals surface area (Å²) in [5.74, 6) is -1.25. The van der Waals surface area contributed by atoms with Gasteiger partial charge < -0.3 is 24.4 Å². The molecule has 0 bridgehead atoms. The molecule has 1 saturated heterocycles. The zero-order chi connectivity index (χ0) is 23.5. The first-order chi connectivity index (χ1) is 15.1. The molecular formula is C26H38O6. The number of hydrogen-bond acceptors (Lipinski definition) is 6. The molecule has 3 rings (SSSR count). The van der Waals surface area contributed by atoms with Crippen LogP contribution in [0, 0.1) is 11.8 Å². The lowest BCUT2D eigenvalue weighted by Crippen LogP contribution is -2.34. The number of unbranched alkanes of at least 4 members (excludes halogenated alkanes) is 1. The Morgan fingerprint density at radius 1 is 1.19 bits per heavy atom. The number of carbonyl (C=O) groups is 1. The Labute approximate surface area is 191 Å². The Hall–Kier alpha value is -1.89. The normalized spacial score (nSPS) is 37.6. The maximum Gasteiger partial charge on any atom is 0.342 e. The molecule has 0 aromatic rings. The Bertz CT molecular complexity index is 805. The van der Waals surface area contributed by atoms with Gasteiger partial charge in [0.1, 0.15) is 29.6 Å². The summed E-state index contributed by atoms with van der Waals surface area (Å²) in [6, 6.07) is 0. The predicted molar refractivity (Wildman–Crippen MR) is 123 cm³/mol. The fraction of sp³-hybridized carbons (Fsp3) is 0.654. The van der Waals surface area contributed by atoms with Crippen LogP contribution in [0.15, 0.2) is 47.3 Å². The third-order valence-corrected chi connectivity index (χ3v) is 6.48. The molecule has 2 aliphatic heterocycles. The molecule has 0 saturated carbocycles. The number of allylic oxidation sites excluding steroid dienone is 3. The molecule has 2 unspecified atom stereocenters. The van der Waals surface area contributed by atoms with Crippen molar-refractivity contribution in [3.63, 3.8) is 0 Å². The summed E-state index contributed by atoms with van der Waals surface area (Å²) in [6.45, 7) is 9.56. The van der Waals surface area contributed by atoms with Crippen LogP contribution in [-0.2, 0) is 19.0 Å². The number of aliphatic hydroxyl groups excluding tert-OH is 2. The van der Waals surface area contributed by atoms with Crippen molar-refractivity contribution in [3.05, 3.63) is 47.3 Å². The van der Waals surface area contributed by atoms with Gasteiger partial charge in [-0.1, -0.05) is 51.0 Å². The largest absolute Gasteiger partial charge is 0.507 e. The first-order valence-electron chi connectivity index (χ1n) is 11.8. The third-order valence-electron chi connectivity index (χ3n) is 6.48. The second-order valence-corrected chi connectivity index (χ2v) is 9.68. The topological polar surface area (TPSA) is 85.2 Å². The number of cyclic esters (lactones) is 1. The van der Waals surface area contributed by atoms with Crippen LogP contribution in [-0.4, -0.2) is 46.4 Å². The van der Waals surface area contributed by atoms with Gasteiger partial charge in [0, 0.05) is 5.92 Å². The molecule has 0 aromatic carbocycles. The number of aliphatic hydroxyl groups is 2. The Morgan fingerprint density at radius 2 is 1.94 bits per heavy atom. The fourth-order valence-electron chi connectivity index (χ4n) is 4.52. The zero-order valence-corrected chi connectivity index (χ0v) is 19.9. The number of esters is 1. The lowest BCUT2D eigenvalue weighted by atomic mass is 9.85. The molecule has 178 valence electrons. The number of carbonyl (C=O) groups excluding carboxylic acids is 1. The summed E-state index contributed by atoms with van der Waals surface area (Å²) in [7, 11) is 0. The molecule has 3 aliphatic rings. The van der Waals surface area contributed by atoms with Crippen LogP contribution in [0.5, 0.6) is 0 Å². The average Bonchev–Trinajstić information content (AvgIpc) is 3.03. The van der Waals surface area contributed by atoms with Gasteiger partial charge in [-0.15, -0.1) is 0 Å². The Kier molecular flexibility index (Phi) is 8.01. The molecule has 0 radical (unpaired) electrons. The molecule has 32 heavy (non-hydrogen) atoms. The third kappa shape index (κ3) is 5.91. The average molecular weight is 447 g/mol.